The van der Waals surface area contributed by atoms with Gasteiger partial charge in [0.1, 0.15) is 17.9 Å². The Labute approximate surface area is 173 Å². The standard InChI is InChI=1S/C22H23F3N2O3/c1-14-11-15(5-10-18(14)30-21(2,3)4)12-27-19(28)13-26(20(27)29)17-8-6-16(7-9-17)22(23,24)25/h5-11H,12-13H2,1-4H3. The number of ether oxygens (including phenoxy) is 1. The lowest BCUT2D eigenvalue weighted by Crippen LogP contribution is -2.32. The zero-order valence-corrected chi connectivity index (χ0v) is 17.2. The van der Waals surface area contributed by atoms with Crippen LogP contribution in [0.5, 0.6) is 5.75 Å². The highest BCUT2D eigenvalue weighted by molar-refractivity contribution is 6.12. The largest absolute Gasteiger partial charge is 0.488 e. The first-order valence-electron chi connectivity index (χ1n) is 9.43. The third kappa shape index (κ3) is 4.75. The van der Waals surface area contributed by atoms with Gasteiger partial charge in [0.15, 0.2) is 0 Å². The zero-order valence-electron chi connectivity index (χ0n) is 17.2. The number of benzene rings is 2. The Morgan fingerprint density at radius 2 is 1.63 bits per heavy atom. The number of aryl methyl sites for hydroxylation is 1. The van der Waals surface area contributed by atoms with Gasteiger partial charge in [0.2, 0.25) is 0 Å². The van der Waals surface area contributed by atoms with Gasteiger partial charge in [-0.1, -0.05) is 12.1 Å². The minimum absolute atomic E-state index is 0.0748. The van der Waals surface area contributed by atoms with Gasteiger partial charge in [0.05, 0.1) is 12.1 Å². The Balaban J connectivity index is 1.75. The van der Waals surface area contributed by atoms with Crippen molar-refractivity contribution in [1.82, 2.24) is 4.90 Å². The third-order valence-corrected chi connectivity index (χ3v) is 4.56. The van der Waals surface area contributed by atoms with Crippen molar-refractivity contribution >= 4 is 17.6 Å². The van der Waals surface area contributed by atoms with Crippen LogP contribution in [0.25, 0.3) is 0 Å². The number of rotatable bonds is 4. The van der Waals surface area contributed by atoms with Crippen LogP contribution < -0.4 is 9.64 Å². The predicted octanol–water partition coefficient (Wildman–Crippen LogP) is 5.16. The highest BCUT2D eigenvalue weighted by Gasteiger charge is 2.37. The summed E-state index contributed by atoms with van der Waals surface area (Å²) in [5, 5.41) is 0. The monoisotopic (exact) mass is 420 g/mol. The predicted molar refractivity (Wildman–Crippen MR) is 106 cm³/mol. The van der Waals surface area contributed by atoms with Crippen LogP contribution in [0.1, 0.15) is 37.5 Å². The van der Waals surface area contributed by atoms with Crippen LogP contribution in [-0.2, 0) is 17.5 Å². The molecule has 0 saturated carbocycles. The number of anilines is 1. The number of amides is 3. The van der Waals surface area contributed by atoms with Crippen LogP contribution in [-0.4, -0.2) is 29.0 Å². The smallest absolute Gasteiger partial charge is 0.416 e. The average Bonchev–Trinajstić information content (AvgIpc) is 2.90. The molecule has 3 rings (SSSR count). The fraction of sp³-hybridized carbons (Fsp3) is 0.364. The van der Waals surface area contributed by atoms with Gasteiger partial charge < -0.3 is 4.74 Å². The van der Waals surface area contributed by atoms with Gasteiger partial charge in [0, 0.05) is 5.69 Å². The van der Waals surface area contributed by atoms with Gasteiger partial charge in [-0.25, -0.2) is 4.79 Å². The summed E-state index contributed by atoms with van der Waals surface area (Å²) in [5.41, 5.74) is 0.712. The molecule has 160 valence electrons. The van der Waals surface area contributed by atoms with E-state index in [4.69, 9.17) is 4.74 Å². The normalized spacial score (nSPS) is 15.2. The molecular formula is C22H23F3N2O3. The lowest BCUT2D eigenvalue weighted by atomic mass is 10.1. The van der Waals surface area contributed by atoms with Crippen LogP contribution in [0, 0.1) is 6.92 Å². The minimum Gasteiger partial charge on any atom is -0.488 e. The van der Waals surface area contributed by atoms with E-state index in [1.807, 2.05) is 33.8 Å². The van der Waals surface area contributed by atoms with Gasteiger partial charge in [0.25, 0.3) is 5.91 Å². The maximum atomic E-state index is 12.7. The van der Waals surface area contributed by atoms with E-state index in [-0.39, 0.29) is 24.4 Å². The Morgan fingerprint density at radius 1 is 1.00 bits per heavy atom. The summed E-state index contributed by atoms with van der Waals surface area (Å²) in [5.74, 6) is 0.310. The highest BCUT2D eigenvalue weighted by Crippen LogP contribution is 2.32. The lowest BCUT2D eigenvalue weighted by Gasteiger charge is -2.23. The van der Waals surface area contributed by atoms with Crippen molar-refractivity contribution in [2.45, 2.75) is 46.0 Å². The molecule has 0 spiro atoms. The van der Waals surface area contributed by atoms with E-state index in [1.54, 1.807) is 12.1 Å². The maximum Gasteiger partial charge on any atom is 0.416 e. The van der Waals surface area contributed by atoms with Crippen molar-refractivity contribution in [2.75, 3.05) is 11.4 Å². The molecule has 0 unspecified atom stereocenters. The average molecular weight is 420 g/mol. The summed E-state index contributed by atoms with van der Waals surface area (Å²) in [7, 11) is 0. The molecule has 0 atom stereocenters. The van der Waals surface area contributed by atoms with Gasteiger partial charge >= 0.3 is 12.2 Å². The molecule has 0 aliphatic carbocycles. The molecule has 5 nitrogen and oxygen atoms in total. The van der Waals surface area contributed by atoms with E-state index in [0.29, 0.717) is 0 Å². The zero-order chi connectivity index (χ0) is 22.3. The lowest BCUT2D eigenvalue weighted by molar-refractivity contribution is -0.137. The molecule has 0 aromatic heterocycles. The Kier molecular flexibility index (Phi) is 5.54. The maximum absolute atomic E-state index is 12.7. The molecule has 1 aliphatic heterocycles. The second-order valence-corrected chi connectivity index (χ2v) is 8.21. The van der Waals surface area contributed by atoms with Crippen molar-refractivity contribution in [3.8, 4) is 5.75 Å². The van der Waals surface area contributed by atoms with Crippen LogP contribution in [0.3, 0.4) is 0 Å². The van der Waals surface area contributed by atoms with Crippen LogP contribution >= 0.6 is 0 Å². The SMILES string of the molecule is Cc1cc(CN2C(=O)CN(c3ccc(C(F)(F)F)cc3)C2=O)ccc1OC(C)(C)C. The number of carbonyl (C=O) groups is 2. The van der Waals surface area contributed by atoms with Crippen molar-refractivity contribution in [3.63, 3.8) is 0 Å². The van der Waals surface area contributed by atoms with Crippen LogP contribution in [0.2, 0.25) is 0 Å². The molecule has 1 heterocycles. The molecule has 1 fully saturated rings. The number of imide groups is 1. The number of halogens is 3. The molecule has 8 heteroatoms. The quantitative estimate of drug-likeness (QED) is 0.642. The molecule has 2 aromatic rings. The van der Waals surface area contributed by atoms with E-state index in [2.05, 4.69) is 0 Å². The number of alkyl halides is 3. The van der Waals surface area contributed by atoms with Crippen molar-refractivity contribution in [1.29, 1.82) is 0 Å². The fourth-order valence-electron chi connectivity index (χ4n) is 3.17. The van der Waals surface area contributed by atoms with Gasteiger partial charge in [-0.3, -0.25) is 14.6 Å². The van der Waals surface area contributed by atoms with Crippen molar-refractivity contribution in [2.24, 2.45) is 0 Å². The fourth-order valence-corrected chi connectivity index (χ4v) is 3.17. The molecule has 30 heavy (non-hydrogen) atoms. The van der Waals surface area contributed by atoms with Gasteiger partial charge in [-0.05, 0) is 69.2 Å². The molecule has 0 N–H and O–H groups in total. The van der Waals surface area contributed by atoms with E-state index in [9.17, 15) is 22.8 Å². The summed E-state index contributed by atoms with van der Waals surface area (Å²) >= 11 is 0. The molecule has 0 bridgehead atoms. The Morgan fingerprint density at radius 3 is 2.17 bits per heavy atom. The summed E-state index contributed by atoms with van der Waals surface area (Å²) in [6.45, 7) is 7.57. The first kappa shape index (κ1) is 21.7. The molecule has 1 saturated heterocycles. The van der Waals surface area contributed by atoms with Crippen LogP contribution in [0.15, 0.2) is 42.5 Å². The van der Waals surface area contributed by atoms with Gasteiger partial charge in [-0.2, -0.15) is 13.2 Å². The summed E-state index contributed by atoms with van der Waals surface area (Å²) < 4.78 is 44.1. The molecular weight excluding hydrogens is 397 g/mol. The summed E-state index contributed by atoms with van der Waals surface area (Å²) in [6.07, 6.45) is -4.46. The van der Waals surface area contributed by atoms with E-state index >= 15 is 0 Å². The van der Waals surface area contributed by atoms with E-state index in [0.717, 1.165) is 33.9 Å². The molecule has 3 amide bonds. The third-order valence-electron chi connectivity index (χ3n) is 4.56. The summed E-state index contributed by atoms with van der Waals surface area (Å²) in [6, 6.07) is 9.06. The van der Waals surface area contributed by atoms with Crippen molar-refractivity contribution < 1.29 is 27.5 Å². The van der Waals surface area contributed by atoms with Crippen LogP contribution in [0.4, 0.5) is 23.7 Å². The number of hydrogen-bond acceptors (Lipinski definition) is 3. The number of carbonyl (C=O) groups excluding carboxylic acids is 2. The van der Waals surface area contributed by atoms with Gasteiger partial charge in [-0.15, -0.1) is 0 Å². The number of hydrogen-bond donors (Lipinski definition) is 0. The Hall–Kier alpha value is -3.03. The Bertz CT molecular complexity index is 963. The molecule has 2 aromatic carbocycles. The molecule has 1 aliphatic rings. The topological polar surface area (TPSA) is 49.9 Å². The highest BCUT2D eigenvalue weighted by atomic mass is 19.4. The number of nitrogens with zero attached hydrogens (tertiary/aromatic N) is 2. The van der Waals surface area contributed by atoms with E-state index in [1.165, 1.54) is 17.0 Å². The first-order chi connectivity index (χ1) is 13.8. The summed E-state index contributed by atoms with van der Waals surface area (Å²) in [4.78, 5) is 27.4. The minimum atomic E-state index is -4.46. The second kappa shape index (κ2) is 7.66. The molecule has 0 radical (unpaired) electrons. The second-order valence-electron chi connectivity index (χ2n) is 8.21. The first-order valence-corrected chi connectivity index (χ1v) is 9.43. The van der Waals surface area contributed by atoms with E-state index < -0.39 is 23.7 Å². The number of urea groups is 1. The van der Waals surface area contributed by atoms with Crippen molar-refractivity contribution in [3.05, 3.63) is 59.2 Å².